The number of rotatable bonds is 1. The van der Waals surface area contributed by atoms with Crippen molar-refractivity contribution in [2.24, 2.45) is 11.8 Å². The number of carbonyl (C=O) groups excluding carboxylic acids is 1. The Morgan fingerprint density at radius 3 is 2.50 bits per heavy atom. The van der Waals surface area contributed by atoms with Gasteiger partial charge in [0.25, 0.3) is 0 Å². The van der Waals surface area contributed by atoms with E-state index in [0.29, 0.717) is 17.6 Å². The van der Waals surface area contributed by atoms with E-state index in [1.807, 2.05) is 30.3 Å². The molecule has 0 spiro atoms. The Kier molecular flexibility index (Phi) is 2.39. The molecule has 82 valence electrons. The van der Waals surface area contributed by atoms with Crippen LogP contribution in [0.3, 0.4) is 0 Å². The molecule has 1 aromatic rings. The van der Waals surface area contributed by atoms with Gasteiger partial charge in [-0.25, -0.2) is 0 Å². The Morgan fingerprint density at radius 2 is 1.75 bits per heavy atom. The van der Waals surface area contributed by atoms with Crippen molar-refractivity contribution in [3.63, 3.8) is 0 Å². The molecular weight excluding hydrogens is 196 g/mol. The zero-order valence-corrected chi connectivity index (χ0v) is 9.36. The number of ketones is 1. The Hall–Kier alpha value is -1.37. The van der Waals surface area contributed by atoms with Crippen LogP contribution in [0.5, 0.6) is 0 Å². The highest BCUT2D eigenvalue weighted by atomic mass is 16.1. The van der Waals surface area contributed by atoms with Crippen LogP contribution in [0.2, 0.25) is 0 Å². The first kappa shape index (κ1) is 9.83. The smallest absolute Gasteiger partial charge is 0.166 e. The van der Waals surface area contributed by atoms with E-state index in [1.165, 1.54) is 19.3 Å². The fourth-order valence-electron chi connectivity index (χ4n) is 3.04. The van der Waals surface area contributed by atoms with Gasteiger partial charge in [0.05, 0.1) is 0 Å². The lowest BCUT2D eigenvalue weighted by molar-refractivity contribution is -0.118. The van der Waals surface area contributed by atoms with Gasteiger partial charge in [0.15, 0.2) is 5.78 Å². The van der Waals surface area contributed by atoms with Gasteiger partial charge in [-0.05, 0) is 24.3 Å². The molecule has 0 radical (unpaired) electrons. The van der Waals surface area contributed by atoms with E-state index in [-0.39, 0.29) is 0 Å². The molecule has 1 saturated carbocycles. The monoisotopic (exact) mass is 212 g/mol. The van der Waals surface area contributed by atoms with Crippen LogP contribution in [-0.2, 0) is 4.79 Å². The first-order chi connectivity index (χ1) is 7.86. The van der Waals surface area contributed by atoms with E-state index in [4.69, 9.17) is 0 Å². The predicted octanol–water partition coefficient (Wildman–Crippen LogP) is 3.46. The van der Waals surface area contributed by atoms with Crippen molar-refractivity contribution in [1.29, 1.82) is 0 Å². The van der Waals surface area contributed by atoms with Gasteiger partial charge >= 0.3 is 0 Å². The van der Waals surface area contributed by atoms with Gasteiger partial charge in [0.1, 0.15) is 0 Å². The first-order valence-corrected chi connectivity index (χ1v) is 6.18. The molecule has 0 saturated heterocycles. The number of fused-ring (bicyclic) bond motifs is 1. The summed E-state index contributed by atoms with van der Waals surface area (Å²) in [5.74, 6) is 1.20. The summed E-state index contributed by atoms with van der Waals surface area (Å²) in [4.78, 5) is 12.3. The van der Waals surface area contributed by atoms with Crippen LogP contribution >= 0.6 is 0 Å². The summed E-state index contributed by atoms with van der Waals surface area (Å²) in [6, 6.07) is 10.1. The van der Waals surface area contributed by atoms with E-state index >= 15 is 0 Å². The molecule has 1 aromatic carbocycles. The summed E-state index contributed by atoms with van der Waals surface area (Å²) in [6.45, 7) is 0. The topological polar surface area (TPSA) is 17.1 Å². The number of hydrogen-bond acceptors (Lipinski definition) is 1. The van der Waals surface area contributed by atoms with Crippen molar-refractivity contribution < 1.29 is 4.79 Å². The normalized spacial score (nSPS) is 28.8. The lowest BCUT2D eigenvalue weighted by Crippen LogP contribution is -2.20. The van der Waals surface area contributed by atoms with Gasteiger partial charge in [0, 0.05) is 11.5 Å². The summed E-state index contributed by atoms with van der Waals surface area (Å²) >= 11 is 0. The lowest BCUT2D eigenvalue weighted by Gasteiger charge is -2.22. The van der Waals surface area contributed by atoms with Crippen LogP contribution in [0, 0.1) is 11.8 Å². The Bertz CT molecular complexity index is 430. The van der Waals surface area contributed by atoms with E-state index in [1.54, 1.807) is 0 Å². The molecule has 2 aliphatic carbocycles. The molecule has 2 atom stereocenters. The largest absolute Gasteiger partial charge is 0.294 e. The van der Waals surface area contributed by atoms with E-state index < -0.39 is 0 Å². The maximum Gasteiger partial charge on any atom is 0.166 e. The molecule has 1 heteroatoms. The number of carbonyl (C=O) groups is 1. The standard InChI is InChI=1S/C15H16O/c16-15-13-9-5-4-8-12(13)10-14(15)11-6-2-1-3-7-11/h1-3,6-7,10,12-13H,4-5,8-9H2. The number of hydrogen-bond donors (Lipinski definition) is 0. The molecule has 0 bridgehead atoms. The highest BCUT2D eigenvalue weighted by Crippen LogP contribution is 2.41. The van der Waals surface area contributed by atoms with Gasteiger partial charge < -0.3 is 0 Å². The number of benzene rings is 1. The van der Waals surface area contributed by atoms with Crippen molar-refractivity contribution in [3.05, 3.63) is 42.0 Å². The SMILES string of the molecule is O=C1C(c2ccccc2)=CC2CCCCC12. The van der Waals surface area contributed by atoms with E-state index in [9.17, 15) is 4.79 Å². The van der Waals surface area contributed by atoms with Crippen LogP contribution in [0.25, 0.3) is 5.57 Å². The highest BCUT2D eigenvalue weighted by molar-refractivity contribution is 6.24. The van der Waals surface area contributed by atoms with Crippen molar-refractivity contribution in [3.8, 4) is 0 Å². The van der Waals surface area contributed by atoms with Gasteiger partial charge in [-0.3, -0.25) is 4.79 Å². The molecule has 0 amide bonds. The Morgan fingerprint density at radius 1 is 1.00 bits per heavy atom. The van der Waals surface area contributed by atoms with Crippen molar-refractivity contribution in [2.75, 3.05) is 0 Å². The molecule has 0 aromatic heterocycles. The quantitative estimate of drug-likeness (QED) is 0.696. The molecule has 2 unspecified atom stereocenters. The molecular formula is C15H16O. The van der Waals surface area contributed by atoms with Crippen LogP contribution in [0.15, 0.2) is 36.4 Å². The van der Waals surface area contributed by atoms with Crippen LogP contribution < -0.4 is 0 Å². The minimum Gasteiger partial charge on any atom is -0.294 e. The summed E-state index contributed by atoms with van der Waals surface area (Å²) in [5.41, 5.74) is 2.07. The third kappa shape index (κ3) is 1.51. The van der Waals surface area contributed by atoms with Gasteiger partial charge in [-0.2, -0.15) is 0 Å². The molecule has 0 N–H and O–H groups in total. The molecule has 16 heavy (non-hydrogen) atoms. The minimum absolute atomic E-state index is 0.295. The second-order valence-electron chi connectivity index (χ2n) is 4.87. The molecule has 1 nitrogen and oxygen atoms in total. The summed E-state index contributed by atoms with van der Waals surface area (Å²) in [7, 11) is 0. The van der Waals surface area contributed by atoms with Crippen molar-refractivity contribution in [1.82, 2.24) is 0 Å². The van der Waals surface area contributed by atoms with Gasteiger partial charge in [-0.15, -0.1) is 0 Å². The molecule has 3 rings (SSSR count). The Balaban J connectivity index is 1.94. The summed E-state index contributed by atoms with van der Waals surface area (Å²) < 4.78 is 0. The predicted molar refractivity (Wildman–Crippen MR) is 64.9 cm³/mol. The van der Waals surface area contributed by atoms with Gasteiger partial charge in [-0.1, -0.05) is 49.2 Å². The Labute approximate surface area is 96.2 Å². The minimum atomic E-state index is 0.295. The fourth-order valence-corrected chi connectivity index (χ4v) is 3.04. The maximum absolute atomic E-state index is 12.3. The molecule has 0 heterocycles. The number of allylic oxidation sites excluding steroid dienone is 2. The van der Waals surface area contributed by atoms with Gasteiger partial charge in [0.2, 0.25) is 0 Å². The second kappa shape index (κ2) is 3.89. The average Bonchev–Trinajstić information content (AvgIpc) is 2.69. The molecule has 1 fully saturated rings. The van der Waals surface area contributed by atoms with Crippen LogP contribution in [0.1, 0.15) is 31.2 Å². The maximum atomic E-state index is 12.3. The van der Waals surface area contributed by atoms with Crippen LogP contribution in [-0.4, -0.2) is 5.78 Å². The summed E-state index contributed by atoms with van der Waals surface area (Å²) in [6.07, 6.45) is 7.03. The van der Waals surface area contributed by atoms with Crippen molar-refractivity contribution >= 4 is 11.4 Å². The first-order valence-electron chi connectivity index (χ1n) is 6.18. The average molecular weight is 212 g/mol. The third-order valence-electron chi connectivity index (χ3n) is 3.89. The zero-order chi connectivity index (χ0) is 11.0. The zero-order valence-electron chi connectivity index (χ0n) is 9.36. The number of Topliss-reactive ketones (excluding diaryl/α,β-unsaturated/α-hetero) is 1. The summed E-state index contributed by atoms with van der Waals surface area (Å²) in [5, 5.41) is 0. The van der Waals surface area contributed by atoms with Crippen LogP contribution in [0.4, 0.5) is 0 Å². The lowest BCUT2D eigenvalue weighted by atomic mass is 9.81. The fraction of sp³-hybridized carbons (Fsp3) is 0.400. The highest BCUT2D eigenvalue weighted by Gasteiger charge is 2.37. The van der Waals surface area contributed by atoms with E-state index in [2.05, 4.69) is 6.08 Å². The molecule has 2 aliphatic rings. The third-order valence-corrected chi connectivity index (χ3v) is 3.89. The van der Waals surface area contributed by atoms with Crippen molar-refractivity contribution in [2.45, 2.75) is 25.7 Å². The second-order valence-corrected chi connectivity index (χ2v) is 4.87. The molecule has 0 aliphatic heterocycles. The van der Waals surface area contributed by atoms with E-state index in [0.717, 1.165) is 17.6 Å².